The largest absolute Gasteiger partial charge is 0.420 e. The Labute approximate surface area is 79.2 Å². The van der Waals surface area contributed by atoms with E-state index in [4.69, 9.17) is 4.43 Å². The third-order valence-corrected chi connectivity index (χ3v) is 5.75. The van der Waals surface area contributed by atoms with Gasteiger partial charge in [0.05, 0.1) is 0 Å². The van der Waals surface area contributed by atoms with Crippen LogP contribution in [0.25, 0.3) is 0 Å². The molecular weight excluding hydrogens is 164 g/mol. The fourth-order valence-corrected chi connectivity index (χ4v) is 2.86. The van der Waals surface area contributed by atoms with Crippen molar-refractivity contribution in [3.8, 4) is 0 Å². The Kier molecular flexibility index (Phi) is 5.84. The van der Waals surface area contributed by atoms with Crippen LogP contribution in [0.15, 0.2) is 0 Å². The molecule has 2 heteroatoms. The maximum absolute atomic E-state index is 5.43. The van der Waals surface area contributed by atoms with Crippen LogP contribution >= 0.6 is 0 Å². The van der Waals surface area contributed by atoms with Crippen molar-refractivity contribution in [3.05, 3.63) is 0 Å². The van der Waals surface area contributed by atoms with Gasteiger partial charge in [0, 0.05) is 7.11 Å². The number of rotatable bonds is 5. The zero-order chi connectivity index (χ0) is 9.72. The quantitative estimate of drug-likeness (QED) is 0.600. The minimum absolute atomic E-state index is 0.560. The van der Waals surface area contributed by atoms with Gasteiger partial charge in [-0.25, -0.2) is 0 Å². The molecule has 0 rings (SSSR count). The van der Waals surface area contributed by atoms with Crippen molar-refractivity contribution in [1.29, 1.82) is 0 Å². The molecule has 0 amide bonds. The summed E-state index contributed by atoms with van der Waals surface area (Å²) in [4.78, 5) is 0. The minimum Gasteiger partial charge on any atom is -0.420 e. The third-order valence-electron chi connectivity index (χ3n) is 3.29. The summed E-state index contributed by atoms with van der Waals surface area (Å²) in [5.41, 5.74) is 0.759. The summed E-state index contributed by atoms with van der Waals surface area (Å²) in [6.45, 7) is 11.5. The van der Waals surface area contributed by atoms with Gasteiger partial charge in [-0.05, 0) is 23.9 Å². The van der Waals surface area contributed by atoms with E-state index in [1.54, 1.807) is 0 Å². The molecule has 1 radical (unpaired) electrons. The molecule has 3 unspecified atom stereocenters. The first kappa shape index (κ1) is 12.2. The molecular formula is C10H23OSi. The lowest BCUT2D eigenvalue weighted by molar-refractivity contribution is 0.330. The number of hydrogen-bond acceptors (Lipinski definition) is 1. The molecule has 0 saturated heterocycles. The Morgan fingerprint density at radius 3 is 2.08 bits per heavy atom. The van der Waals surface area contributed by atoms with Crippen molar-refractivity contribution in [1.82, 2.24) is 0 Å². The van der Waals surface area contributed by atoms with Crippen molar-refractivity contribution >= 4 is 9.04 Å². The van der Waals surface area contributed by atoms with E-state index in [1.165, 1.54) is 6.42 Å². The molecule has 0 aliphatic rings. The lowest BCUT2D eigenvalue weighted by atomic mass is 9.91. The molecule has 0 aromatic carbocycles. The normalized spacial score (nSPS) is 19.2. The zero-order valence-electron chi connectivity index (χ0n) is 9.35. The Morgan fingerprint density at radius 2 is 1.75 bits per heavy atom. The van der Waals surface area contributed by atoms with Crippen LogP contribution in [-0.2, 0) is 4.43 Å². The Morgan fingerprint density at radius 1 is 1.25 bits per heavy atom. The summed E-state index contributed by atoms with van der Waals surface area (Å²) in [7, 11) is 1.28. The lowest BCUT2D eigenvalue weighted by Crippen LogP contribution is -2.25. The van der Waals surface area contributed by atoms with Crippen molar-refractivity contribution in [2.24, 2.45) is 11.8 Å². The second-order valence-electron chi connectivity index (χ2n) is 3.85. The molecule has 0 aromatic heterocycles. The highest BCUT2D eigenvalue weighted by molar-refractivity contribution is 6.51. The van der Waals surface area contributed by atoms with E-state index >= 15 is 0 Å². The van der Waals surface area contributed by atoms with Gasteiger partial charge >= 0.3 is 0 Å². The minimum atomic E-state index is -0.560. The number of hydrogen-bond donors (Lipinski definition) is 0. The maximum Gasteiger partial charge on any atom is 0.210 e. The molecule has 0 spiro atoms. The van der Waals surface area contributed by atoms with Gasteiger partial charge in [0.25, 0.3) is 0 Å². The Balaban J connectivity index is 3.99. The van der Waals surface area contributed by atoms with Crippen LogP contribution in [0.1, 0.15) is 34.1 Å². The molecule has 0 N–H and O–H groups in total. The van der Waals surface area contributed by atoms with E-state index in [2.05, 4.69) is 34.2 Å². The summed E-state index contributed by atoms with van der Waals surface area (Å²) in [6, 6.07) is 0. The van der Waals surface area contributed by atoms with Crippen molar-refractivity contribution in [3.63, 3.8) is 0 Å². The van der Waals surface area contributed by atoms with Crippen LogP contribution in [0.5, 0.6) is 0 Å². The van der Waals surface area contributed by atoms with Crippen LogP contribution in [0.3, 0.4) is 0 Å². The SMILES string of the molecule is CCC(C)C(C)C(C)[Si](C)OC. The molecule has 0 aromatic rings. The first-order valence-corrected chi connectivity index (χ1v) is 6.90. The van der Waals surface area contributed by atoms with Crippen LogP contribution in [0.2, 0.25) is 12.1 Å². The Hall–Kier alpha value is 0.177. The topological polar surface area (TPSA) is 9.23 Å². The molecule has 1 nitrogen and oxygen atoms in total. The highest BCUT2D eigenvalue weighted by Gasteiger charge is 2.24. The molecule has 0 aliphatic carbocycles. The van der Waals surface area contributed by atoms with Gasteiger partial charge < -0.3 is 4.43 Å². The average molecular weight is 187 g/mol. The molecule has 0 heterocycles. The summed E-state index contributed by atoms with van der Waals surface area (Å²) < 4.78 is 5.43. The van der Waals surface area contributed by atoms with Gasteiger partial charge in [-0.3, -0.25) is 0 Å². The van der Waals surface area contributed by atoms with Crippen LogP contribution in [0, 0.1) is 11.8 Å². The molecule has 0 saturated carbocycles. The zero-order valence-corrected chi connectivity index (χ0v) is 10.3. The smallest absolute Gasteiger partial charge is 0.210 e. The molecule has 0 fully saturated rings. The van der Waals surface area contributed by atoms with Gasteiger partial charge in [-0.15, -0.1) is 0 Å². The van der Waals surface area contributed by atoms with Crippen molar-refractivity contribution in [2.75, 3.05) is 7.11 Å². The van der Waals surface area contributed by atoms with E-state index in [0.717, 1.165) is 17.4 Å². The van der Waals surface area contributed by atoms with Gasteiger partial charge in [0.1, 0.15) is 0 Å². The van der Waals surface area contributed by atoms with E-state index in [1.807, 2.05) is 7.11 Å². The first-order valence-electron chi connectivity index (χ1n) is 4.92. The summed E-state index contributed by atoms with van der Waals surface area (Å²) in [5.74, 6) is 1.63. The molecule has 12 heavy (non-hydrogen) atoms. The molecule has 0 bridgehead atoms. The van der Waals surface area contributed by atoms with Crippen molar-refractivity contribution < 1.29 is 4.43 Å². The highest BCUT2D eigenvalue weighted by Crippen LogP contribution is 2.29. The van der Waals surface area contributed by atoms with E-state index < -0.39 is 9.04 Å². The monoisotopic (exact) mass is 187 g/mol. The third kappa shape index (κ3) is 3.28. The summed E-state index contributed by atoms with van der Waals surface area (Å²) >= 11 is 0. The molecule has 73 valence electrons. The highest BCUT2D eigenvalue weighted by atomic mass is 28.3. The van der Waals surface area contributed by atoms with Gasteiger partial charge in [0.15, 0.2) is 0 Å². The van der Waals surface area contributed by atoms with Crippen LogP contribution < -0.4 is 0 Å². The van der Waals surface area contributed by atoms with Gasteiger partial charge in [0.2, 0.25) is 9.04 Å². The second kappa shape index (κ2) is 5.76. The van der Waals surface area contributed by atoms with E-state index in [0.29, 0.717) is 0 Å². The van der Waals surface area contributed by atoms with Gasteiger partial charge in [-0.2, -0.15) is 0 Å². The van der Waals surface area contributed by atoms with E-state index in [-0.39, 0.29) is 0 Å². The fourth-order valence-electron chi connectivity index (χ4n) is 1.42. The maximum atomic E-state index is 5.43. The Bertz CT molecular complexity index is 102. The lowest BCUT2D eigenvalue weighted by Gasteiger charge is -2.27. The predicted octanol–water partition coefficient (Wildman–Crippen LogP) is 3.33. The fraction of sp³-hybridized carbons (Fsp3) is 1.00. The van der Waals surface area contributed by atoms with Crippen molar-refractivity contribution in [2.45, 2.75) is 46.2 Å². The van der Waals surface area contributed by atoms with Gasteiger partial charge in [-0.1, -0.05) is 34.1 Å². The van der Waals surface area contributed by atoms with Crippen LogP contribution in [-0.4, -0.2) is 16.2 Å². The molecule has 3 atom stereocenters. The van der Waals surface area contributed by atoms with E-state index in [9.17, 15) is 0 Å². The predicted molar refractivity (Wildman–Crippen MR) is 56.7 cm³/mol. The average Bonchev–Trinajstić information content (AvgIpc) is 2.12. The van der Waals surface area contributed by atoms with Crippen LogP contribution in [0.4, 0.5) is 0 Å². The summed E-state index contributed by atoms with van der Waals surface area (Å²) in [5, 5.41) is 0. The molecule has 0 aliphatic heterocycles. The summed E-state index contributed by atoms with van der Waals surface area (Å²) in [6.07, 6.45) is 1.28. The standard InChI is InChI=1S/C10H23OSi/c1-7-8(2)9(3)10(4)12(6)11-5/h8-10H,7H2,1-6H3. The second-order valence-corrected chi connectivity index (χ2v) is 6.39. The first-order chi connectivity index (χ1) is 5.54.